The van der Waals surface area contributed by atoms with Gasteiger partial charge in [-0.05, 0) is 12.3 Å². The Hall–Kier alpha value is -2.45. The molecule has 0 bridgehead atoms. The number of aliphatic carboxylic acids is 1. The van der Waals surface area contributed by atoms with Gasteiger partial charge in [0.1, 0.15) is 25.0 Å². The van der Waals surface area contributed by atoms with Crippen molar-refractivity contribution in [3.63, 3.8) is 0 Å². The summed E-state index contributed by atoms with van der Waals surface area (Å²) in [7, 11) is 0. The molecule has 0 aliphatic carbocycles. The number of amides is 1. The first-order valence-corrected chi connectivity index (χ1v) is 5.98. The molecule has 0 aliphatic rings. The molecular formula is C11H16N4O5. The van der Waals surface area contributed by atoms with Gasteiger partial charge >= 0.3 is 11.7 Å². The third-order valence-electron chi connectivity index (χ3n) is 2.48. The first-order valence-electron chi connectivity index (χ1n) is 5.98. The van der Waals surface area contributed by atoms with Gasteiger partial charge in [-0.3, -0.25) is 19.6 Å². The van der Waals surface area contributed by atoms with Gasteiger partial charge in [0.15, 0.2) is 0 Å². The van der Waals surface area contributed by atoms with Gasteiger partial charge in [-0.1, -0.05) is 13.8 Å². The summed E-state index contributed by atoms with van der Waals surface area (Å²) >= 11 is 0. The average Bonchev–Trinajstić information content (AvgIpc) is 2.75. The molecule has 0 radical (unpaired) electrons. The number of rotatable bonds is 7. The number of nitrogens with zero attached hydrogens (tertiary/aromatic N) is 3. The Morgan fingerprint density at radius 2 is 2.20 bits per heavy atom. The molecule has 0 aliphatic heterocycles. The number of hydrogen-bond donors (Lipinski definition) is 2. The Kier molecular flexibility index (Phi) is 5.18. The lowest BCUT2D eigenvalue weighted by molar-refractivity contribution is -0.385. The quantitative estimate of drug-likeness (QED) is 0.551. The van der Waals surface area contributed by atoms with E-state index in [0.717, 1.165) is 17.1 Å². The fourth-order valence-electron chi connectivity index (χ4n) is 1.61. The van der Waals surface area contributed by atoms with Crippen molar-refractivity contribution in [3.8, 4) is 0 Å². The smallest absolute Gasteiger partial charge is 0.326 e. The van der Waals surface area contributed by atoms with Crippen LogP contribution in [0.25, 0.3) is 0 Å². The summed E-state index contributed by atoms with van der Waals surface area (Å²) in [5.41, 5.74) is -0.227. The van der Waals surface area contributed by atoms with E-state index in [1.165, 1.54) is 0 Å². The molecule has 110 valence electrons. The SMILES string of the molecule is CC(C)C[C@H](NC(=O)Cn1cc([N+](=O)[O-])cn1)C(=O)O. The maximum atomic E-state index is 11.7. The van der Waals surface area contributed by atoms with Crippen LogP contribution in [0.2, 0.25) is 0 Å². The molecule has 1 amide bonds. The van der Waals surface area contributed by atoms with Crippen LogP contribution >= 0.6 is 0 Å². The number of carboxylic acids is 1. The first kappa shape index (κ1) is 15.6. The van der Waals surface area contributed by atoms with Gasteiger partial charge in [-0.25, -0.2) is 4.79 Å². The summed E-state index contributed by atoms with van der Waals surface area (Å²) in [4.78, 5) is 32.5. The second-order valence-electron chi connectivity index (χ2n) is 4.74. The van der Waals surface area contributed by atoms with E-state index in [2.05, 4.69) is 10.4 Å². The molecule has 1 aromatic heterocycles. The van der Waals surface area contributed by atoms with Crippen molar-refractivity contribution in [1.29, 1.82) is 0 Å². The molecule has 1 atom stereocenters. The molecule has 9 nitrogen and oxygen atoms in total. The molecule has 2 N–H and O–H groups in total. The summed E-state index contributed by atoms with van der Waals surface area (Å²) in [5.74, 6) is -1.56. The standard InChI is InChI=1S/C11H16N4O5/c1-7(2)3-9(11(17)18)13-10(16)6-14-5-8(4-12-14)15(19)20/h4-5,7,9H,3,6H2,1-2H3,(H,13,16)(H,17,18)/t9-/m0/s1. The lowest BCUT2D eigenvalue weighted by Gasteiger charge is -2.16. The predicted octanol–water partition coefficient (Wildman–Crippen LogP) is 0.407. The maximum absolute atomic E-state index is 11.7. The zero-order chi connectivity index (χ0) is 15.3. The molecule has 1 aromatic rings. The predicted molar refractivity (Wildman–Crippen MR) is 67.9 cm³/mol. The number of nitro groups is 1. The normalized spacial score (nSPS) is 12.2. The Balaban J connectivity index is 2.60. The lowest BCUT2D eigenvalue weighted by Crippen LogP contribution is -2.43. The highest BCUT2D eigenvalue weighted by Crippen LogP contribution is 2.08. The third kappa shape index (κ3) is 4.67. The van der Waals surface area contributed by atoms with Crippen molar-refractivity contribution in [2.45, 2.75) is 32.9 Å². The lowest BCUT2D eigenvalue weighted by atomic mass is 10.0. The van der Waals surface area contributed by atoms with Crippen LogP contribution in [0.15, 0.2) is 12.4 Å². The van der Waals surface area contributed by atoms with E-state index in [1.54, 1.807) is 0 Å². The van der Waals surface area contributed by atoms with Gasteiger partial charge in [-0.2, -0.15) is 5.10 Å². The minimum Gasteiger partial charge on any atom is -0.480 e. The van der Waals surface area contributed by atoms with Crippen LogP contribution in [0.1, 0.15) is 20.3 Å². The minimum atomic E-state index is -1.11. The molecule has 1 heterocycles. The molecule has 20 heavy (non-hydrogen) atoms. The fraction of sp³-hybridized carbons (Fsp3) is 0.545. The van der Waals surface area contributed by atoms with Crippen LogP contribution in [0.5, 0.6) is 0 Å². The first-order chi connectivity index (χ1) is 9.29. The molecular weight excluding hydrogens is 268 g/mol. The third-order valence-corrected chi connectivity index (χ3v) is 2.48. The summed E-state index contributed by atoms with van der Waals surface area (Å²) in [5, 5.41) is 25.5. The van der Waals surface area contributed by atoms with Gasteiger partial charge < -0.3 is 10.4 Å². The second-order valence-corrected chi connectivity index (χ2v) is 4.74. The Labute approximate surface area is 114 Å². The maximum Gasteiger partial charge on any atom is 0.326 e. The van der Waals surface area contributed by atoms with E-state index in [4.69, 9.17) is 5.11 Å². The molecule has 0 fully saturated rings. The topological polar surface area (TPSA) is 127 Å². The number of carbonyl (C=O) groups excluding carboxylic acids is 1. The number of carbonyl (C=O) groups is 2. The van der Waals surface area contributed by atoms with Gasteiger partial charge in [0.2, 0.25) is 5.91 Å². The van der Waals surface area contributed by atoms with Crippen molar-refractivity contribution in [1.82, 2.24) is 15.1 Å². The fourth-order valence-corrected chi connectivity index (χ4v) is 1.61. The van der Waals surface area contributed by atoms with Crippen LogP contribution in [0.4, 0.5) is 5.69 Å². The van der Waals surface area contributed by atoms with Gasteiger partial charge in [0.25, 0.3) is 0 Å². The molecule has 1 rings (SSSR count). The highest BCUT2D eigenvalue weighted by Gasteiger charge is 2.21. The van der Waals surface area contributed by atoms with Crippen LogP contribution in [-0.4, -0.2) is 37.7 Å². The largest absolute Gasteiger partial charge is 0.480 e. The molecule has 9 heteroatoms. The monoisotopic (exact) mass is 284 g/mol. The average molecular weight is 284 g/mol. The summed E-state index contributed by atoms with van der Waals surface area (Å²) in [6, 6.07) is -0.979. The number of nitrogens with one attached hydrogen (secondary N) is 1. The van der Waals surface area contributed by atoms with Crippen molar-refractivity contribution in [3.05, 3.63) is 22.5 Å². The van der Waals surface area contributed by atoms with E-state index in [9.17, 15) is 19.7 Å². The zero-order valence-corrected chi connectivity index (χ0v) is 11.1. The van der Waals surface area contributed by atoms with Crippen molar-refractivity contribution >= 4 is 17.6 Å². The molecule has 0 saturated heterocycles. The second kappa shape index (κ2) is 6.64. The van der Waals surface area contributed by atoms with Crippen LogP contribution < -0.4 is 5.32 Å². The number of carboxylic acid groups (broad SMARTS) is 1. The summed E-state index contributed by atoms with van der Waals surface area (Å²) in [6.45, 7) is 3.42. The van der Waals surface area contributed by atoms with Gasteiger partial charge in [0, 0.05) is 0 Å². The van der Waals surface area contributed by atoms with Gasteiger partial charge in [0.05, 0.1) is 4.92 Å². The van der Waals surface area contributed by atoms with E-state index < -0.39 is 22.8 Å². The van der Waals surface area contributed by atoms with Gasteiger partial charge in [-0.15, -0.1) is 0 Å². The molecule has 0 saturated carbocycles. The van der Waals surface area contributed by atoms with E-state index in [0.29, 0.717) is 6.42 Å². The van der Waals surface area contributed by atoms with Crippen LogP contribution in [-0.2, 0) is 16.1 Å². The molecule has 0 spiro atoms. The van der Waals surface area contributed by atoms with Crippen molar-refractivity contribution in [2.24, 2.45) is 5.92 Å². The van der Waals surface area contributed by atoms with Crippen molar-refractivity contribution in [2.75, 3.05) is 0 Å². The Morgan fingerprint density at radius 3 is 2.65 bits per heavy atom. The minimum absolute atomic E-state index is 0.113. The van der Waals surface area contributed by atoms with Crippen LogP contribution in [0, 0.1) is 16.0 Å². The highest BCUT2D eigenvalue weighted by molar-refractivity contribution is 5.83. The Morgan fingerprint density at radius 1 is 1.55 bits per heavy atom. The van der Waals surface area contributed by atoms with Crippen LogP contribution in [0.3, 0.4) is 0 Å². The molecule has 0 unspecified atom stereocenters. The Bertz CT molecular complexity index is 511. The molecule has 0 aromatic carbocycles. The highest BCUT2D eigenvalue weighted by atomic mass is 16.6. The van der Waals surface area contributed by atoms with E-state index in [-0.39, 0.29) is 18.2 Å². The number of hydrogen-bond acceptors (Lipinski definition) is 5. The summed E-state index contributed by atoms with van der Waals surface area (Å²) < 4.78 is 1.09. The van der Waals surface area contributed by atoms with Crippen molar-refractivity contribution < 1.29 is 19.6 Å². The zero-order valence-electron chi connectivity index (χ0n) is 11.1. The number of aromatic nitrogens is 2. The van der Waals surface area contributed by atoms with E-state index >= 15 is 0 Å². The van der Waals surface area contributed by atoms with E-state index in [1.807, 2.05) is 13.8 Å². The summed E-state index contributed by atoms with van der Waals surface area (Å²) in [6.07, 6.45) is 2.44.